The molecule has 0 radical (unpaired) electrons. The molecule has 0 atom stereocenters. The Morgan fingerprint density at radius 3 is 2.69 bits per heavy atom. The molecule has 156 valence electrons. The summed E-state index contributed by atoms with van der Waals surface area (Å²) in [5, 5.41) is 12.0. The Morgan fingerprint density at radius 1 is 1.21 bits per heavy atom. The first-order valence-electron chi connectivity index (χ1n) is 9.75. The van der Waals surface area contributed by atoms with Gasteiger partial charge >= 0.3 is 0 Å². The predicted octanol–water partition coefficient (Wildman–Crippen LogP) is 2.05. The first kappa shape index (κ1) is 21.3. The van der Waals surface area contributed by atoms with Crippen LogP contribution in [0.4, 0.5) is 5.69 Å². The van der Waals surface area contributed by atoms with E-state index in [1.165, 1.54) is 11.8 Å². The van der Waals surface area contributed by atoms with Gasteiger partial charge in [0.25, 0.3) is 0 Å². The van der Waals surface area contributed by atoms with Crippen LogP contribution in [0.2, 0.25) is 0 Å². The minimum absolute atomic E-state index is 0.0677. The highest BCUT2D eigenvalue weighted by Gasteiger charge is 2.20. The number of hydrogen-bond acceptors (Lipinski definition) is 6. The molecule has 0 spiro atoms. The average Bonchev–Trinajstić information content (AvgIpc) is 3.10. The lowest BCUT2D eigenvalue weighted by Gasteiger charge is -2.26. The lowest BCUT2D eigenvalue weighted by Crippen LogP contribution is -2.41. The number of morpholine rings is 1. The average molecular weight is 418 g/mol. The Morgan fingerprint density at radius 2 is 1.97 bits per heavy atom. The number of rotatable bonds is 7. The van der Waals surface area contributed by atoms with Crippen LogP contribution in [0.15, 0.2) is 23.4 Å². The maximum Gasteiger partial charge on any atom is 0.233 e. The molecule has 0 saturated carbocycles. The summed E-state index contributed by atoms with van der Waals surface area (Å²) in [6, 6.07) is 5.95. The number of carbonyl (C=O) groups is 2. The van der Waals surface area contributed by atoms with E-state index in [2.05, 4.69) is 15.5 Å². The number of nitrogens with one attached hydrogen (secondary N) is 1. The molecule has 1 aromatic heterocycles. The lowest BCUT2D eigenvalue weighted by atomic mass is 10.1. The zero-order valence-electron chi connectivity index (χ0n) is 17.1. The highest BCUT2D eigenvalue weighted by molar-refractivity contribution is 7.99. The van der Waals surface area contributed by atoms with Crippen molar-refractivity contribution >= 4 is 29.3 Å². The molecule has 2 amide bonds. The zero-order valence-corrected chi connectivity index (χ0v) is 17.9. The molecular weight excluding hydrogens is 390 g/mol. The summed E-state index contributed by atoms with van der Waals surface area (Å²) < 4.78 is 7.17. The summed E-state index contributed by atoms with van der Waals surface area (Å²) in [4.78, 5) is 26.7. The van der Waals surface area contributed by atoms with E-state index in [1.54, 1.807) is 0 Å². The molecule has 1 saturated heterocycles. The van der Waals surface area contributed by atoms with Crippen LogP contribution < -0.4 is 5.32 Å². The molecule has 1 aliphatic heterocycles. The van der Waals surface area contributed by atoms with Crippen molar-refractivity contribution in [1.82, 2.24) is 19.7 Å². The highest BCUT2D eigenvalue weighted by Crippen LogP contribution is 2.20. The van der Waals surface area contributed by atoms with Gasteiger partial charge in [0.15, 0.2) is 5.16 Å². The number of benzene rings is 1. The van der Waals surface area contributed by atoms with Gasteiger partial charge in [-0.1, -0.05) is 23.9 Å². The monoisotopic (exact) mass is 417 g/mol. The van der Waals surface area contributed by atoms with Gasteiger partial charge in [-0.25, -0.2) is 0 Å². The molecule has 29 heavy (non-hydrogen) atoms. The molecular formula is C20H27N5O3S. The Hall–Kier alpha value is -2.39. The standard InChI is InChI=1S/C20H27N5O3S/c1-4-25-17(12-18(26)21-16-11-14(2)5-6-15(16)3)22-23-20(25)29-13-19(27)24-7-9-28-10-8-24/h5-6,11H,4,7-10,12-13H2,1-3H3,(H,21,26). The van der Waals surface area contributed by atoms with E-state index in [1.807, 2.05) is 48.4 Å². The summed E-state index contributed by atoms with van der Waals surface area (Å²) >= 11 is 1.36. The second-order valence-electron chi connectivity index (χ2n) is 6.97. The first-order chi connectivity index (χ1) is 14.0. The van der Waals surface area contributed by atoms with Gasteiger partial charge in [0.1, 0.15) is 5.82 Å². The van der Waals surface area contributed by atoms with E-state index in [-0.39, 0.29) is 18.2 Å². The van der Waals surface area contributed by atoms with E-state index >= 15 is 0 Å². The second-order valence-corrected chi connectivity index (χ2v) is 7.91. The third kappa shape index (κ3) is 5.57. The Bertz CT molecular complexity index is 877. The molecule has 0 bridgehead atoms. The summed E-state index contributed by atoms with van der Waals surface area (Å²) in [5.74, 6) is 0.823. The summed E-state index contributed by atoms with van der Waals surface area (Å²) in [7, 11) is 0. The number of amides is 2. The van der Waals surface area contributed by atoms with Crippen molar-refractivity contribution in [1.29, 1.82) is 0 Å². The second kappa shape index (κ2) is 9.89. The van der Waals surface area contributed by atoms with E-state index in [0.29, 0.717) is 49.6 Å². The number of nitrogens with zero attached hydrogens (tertiary/aromatic N) is 4. The number of aromatic nitrogens is 3. The van der Waals surface area contributed by atoms with E-state index in [9.17, 15) is 9.59 Å². The van der Waals surface area contributed by atoms with Gasteiger partial charge in [-0.05, 0) is 38.0 Å². The minimum atomic E-state index is -0.137. The largest absolute Gasteiger partial charge is 0.378 e. The van der Waals surface area contributed by atoms with Gasteiger partial charge in [0.2, 0.25) is 11.8 Å². The molecule has 0 unspecified atom stereocenters. The number of anilines is 1. The molecule has 2 heterocycles. The number of carbonyl (C=O) groups excluding carboxylic acids is 2. The SMILES string of the molecule is CCn1c(CC(=O)Nc2cc(C)ccc2C)nnc1SCC(=O)N1CCOCC1. The van der Waals surface area contributed by atoms with Crippen LogP contribution in [0.3, 0.4) is 0 Å². The number of ether oxygens (including phenoxy) is 1. The molecule has 1 N–H and O–H groups in total. The lowest BCUT2D eigenvalue weighted by molar-refractivity contribution is -0.132. The van der Waals surface area contributed by atoms with Crippen LogP contribution in [0.5, 0.6) is 0 Å². The van der Waals surface area contributed by atoms with Crippen LogP contribution in [0, 0.1) is 13.8 Å². The van der Waals surface area contributed by atoms with E-state index in [4.69, 9.17) is 4.74 Å². The van der Waals surface area contributed by atoms with Gasteiger partial charge in [0, 0.05) is 25.3 Å². The van der Waals surface area contributed by atoms with Crippen molar-refractivity contribution in [3.05, 3.63) is 35.2 Å². The van der Waals surface area contributed by atoms with Crippen molar-refractivity contribution in [3.8, 4) is 0 Å². The quantitative estimate of drug-likeness (QED) is 0.694. The molecule has 1 aliphatic rings. The Kier molecular flexibility index (Phi) is 7.27. The fourth-order valence-corrected chi connectivity index (χ4v) is 4.04. The fourth-order valence-electron chi connectivity index (χ4n) is 3.11. The molecule has 1 fully saturated rings. The van der Waals surface area contributed by atoms with Crippen LogP contribution >= 0.6 is 11.8 Å². The normalized spacial score (nSPS) is 14.1. The molecule has 8 nitrogen and oxygen atoms in total. The molecule has 9 heteroatoms. The molecule has 0 aliphatic carbocycles. The van der Waals surface area contributed by atoms with E-state index < -0.39 is 0 Å². The van der Waals surface area contributed by atoms with Crippen LogP contribution in [0.1, 0.15) is 23.9 Å². The van der Waals surface area contributed by atoms with Gasteiger partial charge in [-0.2, -0.15) is 0 Å². The smallest absolute Gasteiger partial charge is 0.233 e. The van der Waals surface area contributed by atoms with Gasteiger partial charge < -0.3 is 19.5 Å². The van der Waals surface area contributed by atoms with Crippen LogP contribution in [0.25, 0.3) is 0 Å². The van der Waals surface area contributed by atoms with Gasteiger partial charge in [-0.15, -0.1) is 10.2 Å². The molecule has 1 aromatic carbocycles. The Balaban J connectivity index is 1.60. The Labute approximate surface area is 175 Å². The predicted molar refractivity (Wildman–Crippen MR) is 112 cm³/mol. The van der Waals surface area contributed by atoms with Crippen molar-refractivity contribution in [3.63, 3.8) is 0 Å². The third-order valence-corrected chi connectivity index (χ3v) is 5.74. The molecule has 3 rings (SSSR count). The van der Waals surface area contributed by atoms with Crippen molar-refractivity contribution in [2.45, 2.75) is 38.9 Å². The van der Waals surface area contributed by atoms with Crippen molar-refractivity contribution in [2.24, 2.45) is 0 Å². The zero-order chi connectivity index (χ0) is 20.8. The summed E-state index contributed by atoms with van der Waals surface area (Å²) in [6.07, 6.45) is 0.131. The maximum absolute atomic E-state index is 12.5. The number of aryl methyl sites for hydroxylation is 2. The minimum Gasteiger partial charge on any atom is -0.378 e. The van der Waals surface area contributed by atoms with Crippen molar-refractivity contribution < 1.29 is 14.3 Å². The number of hydrogen-bond donors (Lipinski definition) is 1. The maximum atomic E-state index is 12.5. The van der Waals surface area contributed by atoms with E-state index in [0.717, 1.165) is 16.8 Å². The fraction of sp³-hybridized carbons (Fsp3) is 0.500. The highest BCUT2D eigenvalue weighted by atomic mass is 32.2. The first-order valence-corrected chi connectivity index (χ1v) is 10.7. The molecule has 2 aromatic rings. The topological polar surface area (TPSA) is 89.3 Å². The third-order valence-electron chi connectivity index (χ3n) is 4.78. The summed E-state index contributed by atoms with van der Waals surface area (Å²) in [6.45, 7) is 8.99. The number of thioether (sulfide) groups is 1. The van der Waals surface area contributed by atoms with Crippen LogP contribution in [-0.2, 0) is 27.3 Å². The summed E-state index contributed by atoms with van der Waals surface area (Å²) in [5.41, 5.74) is 2.91. The van der Waals surface area contributed by atoms with Crippen LogP contribution in [-0.4, -0.2) is 63.5 Å². The van der Waals surface area contributed by atoms with Gasteiger partial charge in [-0.3, -0.25) is 9.59 Å². The van der Waals surface area contributed by atoms with Gasteiger partial charge in [0.05, 0.1) is 25.4 Å². The van der Waals surface area contributed by atoms with Crippen molar-refractivity contribution in [2.75, 3.05) is 37.4 Å².